The van der Waals surface area contributed by atoms with E-state index < -0.39 is 12.1 Å². The van der Waals surface area contributed by atoms with Gasteiger partial charge in [0.1, 0.15) is 0 Å². The van der Waals surface area contributed by atoms with Crippen molar-refractivity contribution in [3.63, 3.8) is 0 Å². The molecule has 0 aliphatic heterocycles. The standard InChI is InChI=1S/C12H19NO3.ClH/c1-4-16-11-7-9(12(13)8(2)14)5-6-10(11)15-3;/h5-8,12,14H,4,13H2,1-3H3;1H/t8-,12-;/m0./s1. The third kappa shape index (κ3) is 4.07. The number of halogens is 1. The number of hydrogen-bond acceptors (Lipinski definition) is 4. The molecule has 5 heteroatoms. The third-order valence-corrected chi connectivity index (χ3v) is 2.39. The predicted molar refractivity (Wildman–Crippen MR) is 70.0 cm³/mol. The Kier molecular flexibility index (Phi) is 6.95. The molecule has 2 atom stereocenters. The second-order valence-corrected chi connectivity index (χ2v) is 3.61. The Morgan fingerprint density at radius 3 is 2.47 bits per heavy atom. The molecule has 3 N–H and O–H groups in total. The van der Waals surface area contributed by atoms with Crippen LogP contribution in [0.25, 0.3) is 0 Å². The third-order valence-electron chi connectivity index (χ3n) is 2.39. The lowest BCUT2D eigenvalue weighted by Crippen LogP contribution is -2.23. The van der Waals surface area contributed by atoms with E-state index in [1.165, 1.54) is 0 Å². The van der Waals surface area contributed by atoms with Crippen LogP contribution in [0.2, 0.25) is 0 Å². The Hall–Kier alpha value is -0.970. The maximum Gasteiger partial charge on any atom is 0.161 e. The fourth-order valence-electron chi connectivity index (χ4n) is 1.45. The number of rotatable bonds is 5. The maximum atomic E-state index is 9.42. The zero-order valence-electron chi connectivity index (χ0n) is 10.3. The van der Waals surface area contributed by atoms with Gasteiger partial charge in [0.05, 0.1) is 25.9 Å². The minimum Gasteiger partial charge on any atom is -0.493 e. The number of benzene rings is 1. The van der Waals surface area contributed by atoms with Crippen molar-refractivity contribution in [3.8, 4) is 11.5 Å². The van der Waals surface area contributed by atoms with E-state index in [0.29, 0.717) is 18.1 Å². The molecule has 4 nitrogen and oxygen atoms in total. The van der Waals surface area contributed by atoms with E-state index in [-0.39, 0.29) is 12.4 Å². The largest absolute Gasteiger partial charge is 0.493 e. The summed E-state index contributed by atoms with van der Waals surface area (Å²) in [5.41, 5.74) is 6.68. The predicted octanol–water partition coefficient (Wildman–Crippen LogP) is 1.90. The first-order valence-corrected chi connectivity index (χ1v) is 5.34. The monoisotopic (exact) mass is 261 g/mol. The summed E-state index contributed by atoms with van der Waals surface area (Å²) in [4.78, 5) is 0. The van der Waals surface area contributed by atoms with Crippen molar-refractivity contribution in [1.82, 2.24) is 0 Å². The zero-order valence-corrected chi connectivity index (χ0v) is 11.2. The molecule has 0 radical (unpaired) electrons. The molecule has 0 spiro atoms. The van der Waals surface area contributed by atoms with Gasteiger partial charge in [0.25, 0.3) is 0 Å². The van der Waals surface area contributed by atoms with Crippen LogP contribution in [-0.2, 0) is 0 Å². The summed E-state index contributed by atoms with van der Waals surface area (Å²) < 4.78 is 10.6. The van der Waals surface area contributed by atoms with Gasteiger partial charge in [0.2, 0.25) is 0 Å². The van der Waals surface area contributed by atoms with Gasteiger partial charge < -0.3 is 20.3 Å². The zero-order chi connectivity index (χ0) is 12.1. The van der Waals surface area contributed by atoms with E-state index >= 15 is 0 Å². The summed E-state index contributed by atoms with van der Waals surface area (Å²) >= 11 is 0. The highest BCUT2D eigenvalue weighted by molar-refractivity contribution is 5.85. The van der Waals surface area contributed by atoms with Crippen molar-refractivity contribution < 1.29 is 14.6 Å². The lowest BCUT2D eigenvalue weighted by atomic mass is 10.0. The fourth-order valence-corrected chi connectivity index (χ4v) is 1.45. The molecule has 0 unspecified atom stereocenters. The molecule has 0 aromatic heterocycles. The number of methoxy groups -OCH3 is 1. The molecule has 1 aromatic carbocycles. The number of nitrogens with two attached hydrogens (primary N) is 1. The number of aliphatic hydroxyl groups is 1. The quantitative estimate of drug-likeness (QED) is 0.850. The highest BCUT2D eigenvalue weighted by atomic mass is 35.5. The van der Waals surface area contributed by atoms with E-state index in [1.807, 2.05) is 13.0 Å². The van der Waals surface area contributed by atoms with Crippen molar-refractivity contribution in [2.75, 3.05) is 13.7 Å². The minimum atomic E-state index is -0.595. The summed E-state index contributed by atoms with van der Waals surface area (Å²) in [5, 5.41) is 9.42. The summed E-state index contributed by atoms with van der Waals surface area (Å²) in [6, 6.07) is 5.02. The normalized spacial score (nSPS) is 13.5. The first-order chi connectivity index (χ1) is 7.60. The molecular formula is C12H20ClNO3. The van der Waals surface area contributed by atoms with Gasteiger partial charge in [-0.05, 0) is 31.5 Å². The van der Waals surface area contributed by atoms with Crippen LogP contribution >= 0.6 is 12.4 Å². The lowest BCUT2D eigenvalue weighted by Gasteiger charge is -2.17. The van der Waals surface area contributed by atoms with Crippen LogP contribution in [0.5, 0.6) is 11.5 Å². The van der Waals surface area contributed by atoms with Crippen LogP contribution in [0, 0.1) is 0 Å². The minimum absolute atomic E-state index is 0. The van der Waals surface area contributed by atoms with Gasteiger partial charge in [-0.1, -0.05) is 6.07 Å². The molecule has 0 aliphatic carbocycles. The molecule has 0 saturated heterocycles. The van der Waals surface area contributed by atoms with Crippen LogP contribution in [0.3, 0.4) is 0 Å². The highest BCUT2D eigenvalue weighted by Gasteiger charge is 2.14. The van der Waals surface area contributed by atoms with Gasteiger partial charge in [-0.3, -0.25) is 0 Å². The van der Waals surface area contributed by atoms with Crippen LogP contribution in [-0.4, -0.2) is 24.9 Å². The average molecular weight is 262 g/mol. The number of aliphatic hydroxyl groups excluding tert-OH is 1. The summed E-state index contributed by atoms with van der Waals surface area (Å²) in [7, 11) is 1.59. The molecular weight excluding hydrogens is 242 g/mol. The maximum absolute atomic E-state index is 9.42. The molecule has 98 valence electrons. The number of ether oxygens (including phenoxy) is 2. The van der Waals surface area contributed by atoms with Gasteiger partial charge in [0, 0.05) is 0 Å². The molecule has 0 aliphatic rings. The van der Waals surface area contributed by atoms with E-state index in [0.717, 1.165) is 5.56 Å². The SMILES string of the molecule is CCOc1cc([C@@H](N)[C@H](C)O)ccc1OC.Cl. The van der Waals surface area contributed by atoms with Crippen LogP contribution in [0.4, 0.5) is 0 Å². The Morgan fingerprint density at radius 2 is 2.00 bits per heavy atom. The smallest absolute Gasteiger partial charge is 0.161 e. The van der Waals surface area contributed by atoms with Crippen LogP contribution < -0.4 is 15.2 Å². The molecule has 0 amide bonds. The summed E-state index contributed by atoms with van der Waals surface area (Å²) in [6.45, 7) is 4.12. The first kappa shape index (κ1) is 16.0. The molecule has 0 bridgehead atoms. The lowest BCUT2D eigenvalue weighted by molar-refractivity contribution is 0.164. The van der Waals surface area contributed by atoms with Crippen molar-refractivity contribution in [2.45, 2.75) is 26.0 Å². The molecule has 0 heterocycles. The molecule has 1 aromatic rings. The Morgan fingerprint density at radius 1 is 1.35 bits per heavy atom. The van der Waals surface area contributed by atoms with Gasteiger partial charge >= 0.3 is 0 Å². The molecule has 0 saturated carbocycles. The van der Waals surface area contributed by atoms with E-state index in [2.05, 4.69) is 0 Å². The van der Waals surface area contributed by atoms with Crippen molar-refractivity contribution in [3.05, 3.63) is 23.8 Å². The van der Waals surface area contributed by atoms with E-state index in [9.17, 15) is 5.11 Å². The number of hydrogen-bond donors (Lipinski definition) is 2. The van der Waals surface area contributed by atoms with Crippen molar-refractivity contribution >= 4 is 12.4 Å². The second kappa shape index (κ2) is 7.37. The highest BCUT2D eigenvalue weighted by Crippen LogP contribution is 2.30. The Labute approximate surface area is 108 Å². The Balaban J connectivity index is 0.00000256. The topological polar surface area (TPSA) is 64.7 Å². The molecule has 0 fully saturated rings. The van der Waals surface area contributed by atoms with Gasteiger partial charge in [-0.25, -0.2) is 0 Å². The molecule has 1 rings (SSSR count). The van der Waals surface area contributed by atoms with Crippen LogP contribution in [0.1, 0.15) is 25.5 Å². The summed E-state index contributed by atoms with van der Waals surface area (Å²) in [5.74, 6) is 1.32. The Bertz CT molecular complexity index is 345. The average Bonchev–Trinajstić information content (AvgIpc) is 2.28. The fraction of sp³-hybridized carbons (Fsp3) is 0.500. The van der Waals surface area contributed by atoms with Crippen molar-refractivity contribution in [1.29, 1.82) is 0 Å². The first-order valence-electron chi connectivity index (χ1n) is 5.34. The molecule has 17 heavy (non-hydrogen) atoms. The van der Waals surface area contributed by atoms with E-state index in [4.69, 9.17) is 15.2 Å². The van der Waals surface area contributed by atoms with E-state index in [1.54, 1.807) is 26.2 Å². The van der Waals surface area contributed by atoms with Gasteiger partial charge in [-0.15, -0.1) is 12.4 Å². The van der Waals surface area contributed by atoms with Crippen LogP contribution in [0.15, 0.2) is 18.2 Å². The van der Waals surface area contributed by atoms with Gasteiger partial charge in [0.15, 0.2) is 11.5 Å². The second-order valence-electron chi connectivity index (χ2n) is 3.61. The summed E-state index contributed by atoms with van der Waals surface area (Å²) in [6.07, 6.45) is -0.595. The van der Waals surface area contributed by atoms with Gasteiger partial charge in [-0.2, -0.15) is 0 Å². The van der Waals surface area contributed by atoms with Crippen molar-refractivity contribution in [2.24, 2.45) is 5.73 Å².